The molecular weight excluding hydrogens is 213 g/mol. The maximum atomic E-state index is 11.2. The second kappa shape index (κ2) is 2.86. The van der Waals surface area contributed by atoms with Crippen molar-refractivity contribution in [2.75, 3.05) is 0 Å². The van der Waals surface area contributed by atoms with Gasteiger partial charge in [-0.1, -0.05) is 29.3 Å². The highest BCUT2D eigenvalue weighted by atomic mass is 35.5. The average Bonchev–Trinajstić information content (AvgIpc) is 2.38. The van der Waals surface area contributed by atoms with E-state index < -0.39 is 17.6 Å². The molecule has 0 bridgehead atoms. The maximum absolute atomic E-state index is 11.2. The molecular formula is C8H5Cl2NO2. The Morgan fingerprint density at radius 1 is 1.38 bits per heavy atom. The molecule has 3 nitrogen and oxygen atoms in total. The van der Waals surface area contributed by atoms with E-state index in [1.165, 1.54) is 0 Å². The summed E-state index contributed by atoms with van der Waals surface area (Å²) in [5.41, 5.74) is 0.448. The van der Waals surface area contributed by atoms with Crippen LogP contribution in [0.15, 0.2) is 21.8 Å². The lowest BCUT2D eigenvalue weighted by atomic mass is 9.96. The van der Waals surface area contributed by atoms with Crippen molar-refractivity contribution >= 4 is 34.9 Å². The van der Waals surface area contributed by atoms with E-state index in [2.05, 4.69) is 5.32 Å². The Balaban J connectivity index is 2.47. The number of hydrogen-bond acceptors (Lipinski definition) is 2. The van der Waals surface area contributed by atoms with Gasteiger partial charge in [0.05, 0.1) is 16.0 Å². The van der Waals surface area contributed by atoms with Crippen molar-refractivity contribution in [3.8, 4) is 0 Å². The molecule has 2 rings (SSSR count). The van der Waals surface area contributed by atoms with Crippen LogP contribution in [0, 0.1) is 5.92 Å². The minimum absolute atomic E-state index is 0.275. The number of allylic oxidation sites excluding steroid dienone is 4. The molecule has 0 aromatic carbocycles. The molecule has 0 spiro atoms. The van der Waals surface area contributed by atoms with Gasteiger partial charge in [-0.2, -0.15) is 0 Å². The van der Waals surface area contributed by atoms with Crippen molar-refractivity contribution in [1.29, 1.82) is 0 Å². The molecule has 0 radical (unpaired) electrons. The van der Waals surface area contributed by atoms with Gasteiger partial charge in [0.15, 0.2) is 0 Å². The van der Waals surface area contributed by atoms with E-state index >= 15 is 0 Å². The Labute approximate surface area is 84.4 Å². The molecule has 0 aromatic heterocycles. The fourth-order valence-electron chi connectivity index (χ4n) is 1.43. The van der Waals surface area contributed by atoms with E-state index in [9.17, 15) is 9.59 Å². The number of Topliss-reactive ketones (excluding diaryl/α,β-unsaturated/α-hetero) is 1. The zero-order valence-electron chi connectivity index (χ0n) is 6.43. The Hall–Kier alpha value is -0.800. The van der Waals surface area contributed by atoms with E-state index in [1.54, 1.807) is 6.08 Å². The number of carbonyl (C=O) groups is 2. The Morgan fingerprint density at radius 2 is 2.08 bits per heavy atom. The van der Waals surface area contributed by atoms with Gasteiger partial charge in [0.25, 0.3) is 5.91 Å². The van der Waals surface area contributed by atoms with Crippen molar-refractivity contribution in [2.24, 2.45) is 5.92 Å². The molecule has 1 unspecified atom stereocenters. The molecule has 13 heavy (non-hydrogen) atoms. The highest BCUT2D eigenvalue weighted by Gasteiger charge is 2.39. The molecule has 2 aliphatic rings. The van der Waals surface area contributed by atoms with Gasteiger partial charge in [0, 0.05) is 5.70 Å². The molecule has 1 aliphatic heterocycles. The van der Waals surface area contributed by atoms with Gasteiger partial charge in [0.1, 0.15) is 0 Å². The molecule has 1 N–H and O–H groups in total. The van der Waals surface area contributed by atoms with E-state index in [1.807, 2.05) is 0 Å². The summed E-state index contributed by atoms with van der Waals surface area (Å²) in [5.74, 6) is -1.48. The molecule has 1 amide bonds. The van der Waals surface area contributed by atoms with Crippen LogP contribution in [0.4, 0.5) is 0 Å². The second-order valence-electron chi connectivity index (χ2n) is 2.89. The summed E-state index contributed by atoms with van der Waals surface area (Å²) in [6, 6.07) is 0. The highest BCUT2D eigenvalue weighted by Crippen LogP contribution is 2.35. The fraction of sp³-hybridized carbons (Fsp3) is 0.250. The van der Waals surface area contributed by atoms with Gasteiger partial charge in [-0.25, -0.2) is 0 Å². The van der Waals surface area contributed by atoms with E-state index in [4.69, 9.17) is 23.2 Å². The molecule has 5 heteroatoms. The number of hydrogen-bond donors (Lipinski definition) is 1. The first-order chi connectivity index (χ1) is 6.11. The van der Waals surface area contributed by atoms with Crippen LogP contribution in [0.1, 0.15) is 6.42 Å². The van der Waals surface area contributed by atoms with Crippen LogP contribution in [0.3, 0.4) is 0 Å². The van der Waals surface area contributed by atoms with Crippen molar-refractivity contribution in [2.45, 2.75) is 6.42 Å². The lowest BCUT2D eigenvalue weighted by Crippen LogP contribution is -2.18. The van der Waals surface area contributed by atoms with Crippen LogP contribution in [-0.4, -0.2) is 11.7 Å². The Morgan fingerprint density at radius 3 is 2.77 bits per heavy atom. The summed E-state index contributed by atoms with van der Waals surface area (Å²) in [6.45, 7) is 0. The molecule has 1 aliphatic carbocycles. The number of ketones is 1. The van der Waals surface area contributed by atoms with Crippen LogP contribution in [0.25, 0.3) is 0 Å². The molecule has 1 saturated heterocycles. The molecule has 1 atom stereocenters. The SMILES string of the molecule is O=C1NC2=C(Cl)C(Cl)=CCC2C1=O. The minimum Gasteiger partial charge on any atom is -0.321 e. The third-order valence-electron chi connectivity index (χ3n) is 2.12. The first kappa shape index (κ1) is 8.78. The number of carbonyl (C=O) groups excluding carboxylic acids is 2. The molecule has 0 aromatic rings. The van der Waals surface area contributed by atoms with Crippen LogP contribution in [0.5, 0.6) is 0 Å². The second-order valence-corrected chi connectivity index (χ2v) is 3.67. The van der Waals surface area contributed by atoms with Gasteiger partial charge in [-0.3, -0.25) is 9.59 Å². The van der Waals surface area contributed by atoms with Crippen LogP contribution < -0.4 is 5.32 Å². The predicted molar refractivity (Wildman–Crippen MR) is 48.1 cm³/mol. The number of fused-ring (bicyclic) bond motifs is 1. The lowest BCUT2D eigenvalue weighted by Gasteiger charge is -2.14. The van der Waals surface area contributed by atoms with Gasteiger partial charge >= 0.3 is 0 Å². The number of amides is 1. The number of nitrogens with one attached hydrogen (secondary N) is 1. The van der Waals surface area contributed by atoms with Crippen LogP contribution >= 0.6 is 23.2 Å². The standard InChI is InChI=1S/C8H5Cl2NO2/c9-4-2-1-3-6(5(4)10)11-8(13)7(3)12/h2-3H,1H2,(H,11,13). The van der Waals surface area contributed by atoms with Gasteiger partial charge in [0.2, 0.25) is 5.78 Å². The smallest absolute Gasteiger partial charge is 0.292 e. The summed E-state index contributed by atoms with van der Waals surface area (Å²) in [7, 11) is 0. The van der Waals surface area contributed by atoms with E-state index in [-0.39, 0.29) is 5.03 Å². The quantitative estimate of drug-likeness (QED) is 0.622. The Bertz CT molecular complexity index is 370. The first-order valence-corrected chi connectivity index (χ1v) is 4.47. The van der Waals surface area contributed by atoms with Crippen LogP contribution in [0.2, 0.25) is 0 Å². The first-order valence-electron chi connectivity index (χ1n) is 3.72. The van der Waals surface area contributed by atoms with Crippen LogP contribution in [-0.2, 0) is 9.59 Å². The van der Waals surface area contributed by atoms with Crippen molar-refractivity contribution in [3.05, 3.63) is 21.8 Å². The average molecular weight is 218 g/mol. The van der Waals surface area contributed by atoms with Crippen molar-refractivity contribution < 1.29 is 9.59 Å². The zero-order chi connectivity index (χ0) is 9.59. The Kier molecular flexibility index (Phi) is 1.93. The number of halogens is 2. The minimum atomic E-state index is -0.599. The normalized spacial score (nSPS) is 27.2. The van der Waals surface area contributed by atoms with Gasteiger partial charge in [-0.15, -0.1) is 0 Å². The summed E-state index contributed by atoms with van der Waals surface area (Å²) in [6.07, 6.45) is 2.10. The topological polar surface area (TPSA) is 46.2 Å². The molecule has 1 fully saturated rings. The summed E-state index contributed by atoms with van der Waals surface area (Å²) in [5, 5.41) is 3.09. The monoisotopic (exact) mass is 217 g/mol. The number of rotatable bonds is 0. The largest absolute Gasteiger partial charge is 0.321 e. The predicted octanol–water partition coefficient (Wildman–Crippen LogP) is 1.28. The maximum Gasteiger partial charge on any atom is 0.292 e. The molecule has 0 saturated carbocycles. The fourth-order valence-corrected chi connectivity index (χ4v) is 1.88. The lowest BCUT2D eigenvalue weighted by molar-refractivity contribution is -0.136. The van der Waals surface area contributed by atoms with Gasteiger partial charge < -0.3 is 5.32 Å². The third kappa shape index (κ3) is 1.19. The zero-order valence-corrected chi connectivity index (χ0v) is 7.95. The van der Waals surface area contributed by atoms with Gasteiger partial charge in [-0.05, 0) is 6.42 Å². The van der Waals surface area contributed by atoms with E-state index in [0.29, 0.717) is 17.2 Å². The van der Waals surface area contributed by atoms with Crippen molar-refractivity contribution in [1.82, 2.24) is 5.32 Å². The molecule has 1 heterocycles. The summed E-state index contributed by atoms with van der Waals surface area (Å²) in [4.78, 5) is 22.2. The van der Waals surface area contributed by atoms with Crippen molar-refractivity contribution in [3.63, 3.8) is 0 Å². The molecule has 68 valence electrons. The van der Waals surface area contributed by atoms with E-state index in [0.717, 1.165) is 0 Å². The highest BCUT2D eigenvalue weighted by molar-refractivity contribution is 6.47. The summed E-state index contributed by atoms with van der Waals surface area (Å²) < 4.78 is 0. The third-order valence-corrected chi connectivity index (χ3v) is 2.96. The summed E-state index contributed by atoms with van der Waals surface area (Å²) >= 11 is 11.5.